The minimum Gasteiger partial charge on any atom is -0.444 e. The van der Waals surface area contributed by atoms with Crippen LogP contribution in [0.1, 0.15) is 68.5 Å². The van der Waals surface area contributed by atoms with Gasteiger partial charge in [0, 0.05) is 24.8 Å². The Kier molecular flexibility index (Phi) is 7.39. The molecule has 3 aromatic rings. The highest BCUT2D eigenvalue weighted by Crippen LogP contribution is 2.30. The van der Waals surface area contributed by atoms with Crippen molar-refractivity contribution in [3.8, 4) is 28.9 Å². The van der Waals surface area contributed by atoms with Crippen molar-refractivity contribution >= 4 is 6.09 Å². The summed E-state index contributed by atoms with van der Waals surface area (Å²) in [6.07, 6.45) is 5.71. The van der Waals surface area contributed by atoms with Crippen molar-refractivity contribution in [2.75, 3.05) is 13.1 Å². The Morgan fingerprint density at radius 2 is 2.03 bits per heavy atom. The van der Waals surface area contributed by atoms with E-state index >= 15 is 0 Å². The molecule has 0 spiro atoms. The monoisotopic (exact) mass is 487 g/mol. The summed E-state index contributed by atoms with van der Waals surface area (Å²) in [4.78, 5) is 23.5. The first-order valence-electron chi connectivity index (χ1n) is 12.5. The Morgan fingerprint density at radius 3 is 2.75 bits per heavy atom. The summed E-state index contributed by atoms with van der Waals surface area (Å²) in [6, 6.07) is 8.11. The number of unbranched alkanes of at least 4 members (excludes halogenated alkanes) is 1. The van der Waals surface area contributed by atoms with E-state index in [0.29, 0.717) is 35.9 Å². The molecule has 1 aliphatic heterocycles. The molecule has 8 heteroatoms. The minimum atomic E-state index is -0.519. The van der Waals surface area contributed by atoms with E-state index in [9.17, 15) is 10.1 Å². The molecular formula is C28H33N5O3. The zero-order valence-electron chi connectivity index (χ0n) is 21.7. The average Bonchev–Trinajstić information content (AvgIpc) is 3.21. The fraction of sp³-hybridized carbons (Fsp3) is 0.464. The number of fused-ring (bicyclic) bond motifs is 1. The second-order valence-electron chi connectivity index (χ2n) is 10.2. The van der Waals surface area contributed by atoms with Gasteiger partial charge in [-0.15, -0.1) is 0 Å². The van der Waals surface area contributed by atoms with E-state index < -0.39 is 5.60 Å². The summed E-state index contributed by atoms with van der Waals surface area (Å²) < 4.78 is 11.1. The van der Waals surface area contributed by atoms with Crippen LogP contribution in [0.5, 0.6) is 0 Å². The van der Waals surface area contributed by atoms with Gasteiger partial charge in [-0.25, -0.2) is 4.79 Å². The summed E-state index contributed by atoms with van der Waals surface area (Å²) in [5, 5.41) is 13.8. The van der Waals surface area contributed by atoms with Gasteiger partial charge in [-0.1, -0.05) is 30.6 Å². The number of aromatic nitrogens is 3. The van der Waals surface area contributed by atoms with Gasteiger partial charge in [-0.2, -0.15) is 10.2 Å². The molecule has 0 bridgehead atoms. The van der Waals surface area contributed by atoms with Crippen molar-refractivity contribution < 1.29 is 14.1 Å². The number of benzene rings is 1. The number of rotatable bonds is 5. The molecule has 188 valence electrons. The highest BCUT2D eigenvalue weighted by atomic mass is 16.6. The third-order valence-electron chi connectivity index (χ3n) is 6.40. The maximum Gasteiger partial charge on any atom is 0.410 e. The molecule has 8 nitrogen and oxygen atoms in total. The zero-order valence-corrected chi connectivity index (χ0v) is 21.7. The van der Waals surface area contributed by atoms with Crippen LogP contribution in [0, 0.1) is 18.3 Å². The van der Waals surface area contributed by atoms with Gasteiger partial charge < -0.3 is 14.2 Å². The number of hydrogen-bond acceptors (Lipinski definition) is 7. The molecule has 0 radical (unpaired) electrons. The third-order valence-corrected chi connectivity index (χ3v) is 6.40. The maximum atomic E-state index is 12.6. The number of amides is 1. The number of hydrogen-bond donors (Lipinski definition) is 0. The predicted octanol–water partition coefficient (Wildman–Crippen LogP) is 5.66. The lowest BCUT2D eigenvalue weighted by atomic mass is 9.93. The normalized spacial score (nSPS) is 13.6. The van der Waals surface area contributed by atoms with Gasteiger partial charge in [-0.3, -0.25) is 4.98 Å². The summed E-state index contributed by atoms with van der Waals surface area (Å²) >= 11 is 0. The molecule has 3 heterocycles. The van der Waals surface area contributed by atoms with E-state index in [1.165, 1.54) is 11.1 Å². The molecule has 1 aromatic carbocycles. The quantitative estimate of drug-likeness (QED) is 0.457. The second kappa shape index (κ2) is 10.5. The molecule has 0 unspecified atom stereocenters. The fourth-order valence-corrected chi connectivity index (χ4v) is 4.46. The molecule has 0 aliphatic carbocycles. The minimum absolute atomic E-state index is 0.276. The van der Waals surface area contributed by atoms with Crippen molar-refractivity contribution in [3.63, 3.8) is 0 Å². The van der Waals surface area contributed by atoms with Crippen LogP contribution in [0.25, 0.3) is 22.8 Å². The summed E-state index contributed by atoms with van der Waals surface area (Å²) in [5.74, 6) is 0.827. The summed E-state index contributed by atoms with van der Waals surface area (Å²) in [7, 11) is 0. The van der Waals surface area contributed by atoms with Gasteiger partial charge in [0.1, 0.15) is 11.7 Å². The summed E-state index contributed by atoms with van der Waals surface area (Å²) in [5.41, 5.74) is 5.84. The number of pyridine rings is 1. The first-order chi connectivity index (χ1) is 17.2. The maximum absolute atomic E-state index is 12.6. The van der Waals surface area contributed by atoms with E-state index in [-0.39, 0.29) is 6.09 Å². The second-order valence-corrected chi connectivity index (χ2v) is 10.2. The Balaban J connectivity index is 1.56. The molecule has 0 fully saturated rings. The highest BCUT2D eigenvalue weighted by molar-refractivity contribution is 5.69. The van der Waals surface area contributed by atoms with Crippen LogP contribution in [0.3, 0.4) is 0 Å². The van der Waals surface area contributed by atoms with Gasteiger partial charge in [0.25, 0.3) is 5.89 Å². The van der Waals surface area contributed by atoms with Crippen molar-refractivity contribution in [3.05, 3.63) is 52.3 Å². The van der Waals surface area contributed by atoms with Crippen LogP contribution in [-0.4, -0.2) is 44.8 Å². The van der Waals surface area contributed by atoms with Gasteiger partial charge in [0.05, 0.1) is 16.8 Å². The van der Waals surface area contributed by atoms with E-state index in [4.69, 9.17) is 9.26 Å². The Bertz CT molecular complexity index is 1300. The average molecular weight is 488 g/mol. The van der Waals surface area contributed by atoms with Gasteiger partial charge in [0.2, 0.25) is 5.82 Å². The molecule has 0 saturated carbocycles. The van der Waals surface area contributed by atoms with E-state index in [1.807, 2.05) is 26.8 Å². The largest absolute Gasteiger partial charge is 0.444 e. The third kappa shape index (κ3) is 5.56. The Morgan fingerprint density at radius 1 is 1.25 bits per heavy atom. The standard InChI is InChI=1S/C28H33N5O3/c1-6-7-8-24-20(16-29)15-21(17-30-24)26-31-25(32-36-26)23-10-9-19-11-13-33(14-12-22(19)18(23)2)27(34)35-28(3,4)5/h9-10,15,17H,6-8,11-14H2,1-5H3. The SMILES string of the molecule is CCCCc1ncc(-c2nc(-c3ccc4c(c3C)CCN(C(=O)OC(C)(C)C)CC4)no2)cc1C#N. The number of ether oxygens (including phenoxy) is 1. The molecule has 1 aliphatic rings. The molecule has 0 atom stereocenters. The lowest BCUT2D eigenvalue weighted by Gasteiger charge is -2.26. The first kappa shape index (κ1) is 25.4. The lowest BCUT2D eigenvalue weighted by molar-refractivity contribution is 0.0258. The Labute approximate surface area is 212 Å². The number of nitrogens with zero attached hydrogens (tertiary/aromatic N) is 5. The number of carbonyl (C=O) groups excluding carboxylic acids is 1. The fourth-order valence-electron chi connectivity index (χ4n) is 4.46. The number of aryl methyl sites for hydroxylation is 1. The predicted molar refractivity (Wildman–Crippen MR) is 136 cm³/mol. The molecule has 0 saturated heterocycles. The van der Waals surface area contributed by atoms with Crippen LogP contribution in [0.2, 0.25) is 0 Å². The molecule has 1 amide bonds. The Hall–Kier alpha value is -3.73. The van der Waals surface area contributed by atoms with E-state index in [1.54, 1.807) is 17.2 Å². The van der Waals surface area contributed by atoms with Gasteiger partial charge in [0.15, 0.2) is 0 Å². The number of nitriles is 1. The topological polar surface area (TPSA) is 105 Å². The van der Waals surface area contributed by atoms with Crippen LogP contribution >= 0.6 is 0 Å². The number of carbonyl (C=O) groups is 1. The first-order valence-corrected chi connectivity index (χ1v) is 12.5. The van der Waals surface area contributed by atoms with Crippen molar-refractivity contribution in [1.29, 1.82) is 5.26 Å². The molecule has 0 N–H and O–H groups in total. The van der Waals surface area contributed by atoms with Crippen molar-refractivity contribution in [2.24, 2.45) is 0 Å². The van der Waals surface area contributed by atoms with E-state index in [0.717, 1.165) is 48.9 Å². The summed E-state index contributed by atoms with van der Waals surface area (Å²) in [6.45, 7) is 11.0. The van der Waals surface area contributed by atoms with Gasteiger partial charge >= 0.3 is 6.09 Å². The molecule has 2 aromatic heterocycles. The van der Waals surface area contributed by atoms with Crippen LogP contribution in [0.4, 0.5) is 4.79 Å². The van der Waals surface area contributed by atoms with E-state index in [2.05, 4.69) is 41.1 Å². The molecule has 36 heavy (non-hydrogen) atoms. The van der Waals surface area contributed by atoms with Crippen LogP contribution < -0.4 is 0 Å². The zero-order chi connectivity index (χ0) is 25.9. The van der Waals surface area contributed by atoms with Crippen molar-refractivity contribution in [2.45, 2.75) is 72.3 Å². The van der Waals surface area contributed by atoms with Crippen LogP contribution in [-0.2, 0) is 24.0 Å². The van der Waals surface area contributed by atoms with Gasteiger partial charge in [-0.05, 0) is 76.1 Å². The smallest absolute Gasteiger partial charge is 0.410 e. The lowest BCUT2D eigenvalue weighted by Crippen LogP contribution is -2.38. The highest BCUT2D eigenvalue weighted by Gasteiger charge is 2.26. The molecule has 4 rings (SSSR count). The molecular weight excluding hydrogens is 454 g/mol. The van der Waals surface area contributed by atoms with Crippen LogP contribution in [0.15, 0.2) is 28.9 Å². The van der Waals surface area contributed by atoms with Crippen molar-refractivity contribution in [1.82, 2.24) is 20.0 Å².